The quantitative estimate of drug-likeness (QED) is 0.124. The molecule has 2 heteroatoms. The molecule has 5 rings (SSSR count). The van der Waals surface area contributed by atoms with Gasteiger partial charge in [0, 0.05) is 0 Å². The van der Waals surface area contributed by atoms with Crippen molar-refractivity contribution in [3.05, 3.63) is 139 Å². The molecule has 3 aromatic rings. The molecule has 2 unspecified atom stereocenters. The van der Waals surface area contributed by atoms with Crippen LogP contribution in [-0.2, 0) is 0 Å². The molecule has 214 valence electrons. The predicted molar refractivity (Wildman–Crippen MR) is 189 cm³/mol. The van der Waals surface area contributed by atoms with Crippen LogP contribution < -0.4 is 15.9 Å². The molecule has 0 radical (unpaired) electrons. The predicted octanol–water partition coefficient (Wildman–Crippen LogP) is 10.0. The van der Waals surface area contributed by atoms with Crippen molar-refractivity contribution >= 4 is 31.1 Å². The van der Waals surface area contributed by atoms with Crippen LogP contribution in [0.5, 0.6) is 0 Å². The van der Waals surface area contributed by atoms with E-state index >= 15 is 0 Å². The molecular weight excluding hydrogens is 530 g/mol. The van der Waals surface area contributed by atoms with E-state index in [1.165, 1.54) is 76.5 Å². The van der Waals surface area contributed by atoms with Crippen LogP contribution in [0.4, 0.5) is 0 Å². The molecule has 0 saturated carbocycles. The number of hydrogen-bond acceptors (Lipinski definition) is 0. The standard InChI is InChI=1S/C39H48P2/c1(2-4-21-33-40(35-23-11-6-12-24-35)36-25-13-7-14-26-36)3-5-22-34-41(37-27-15-8-16-28-37,38-29-17-9-18-30-38)39-31-19-10-20-32-39/h6,8-13,15-20,23-31,39,41H,1-5,7,14,21-22,32-34H2. The fourth-order valence-corrected chi connectivity index (χ4v) is 14.9. The van der Waals surface area contributed by atoms with E-state index in [4.69, 9.17) is 0 Å². The van der Waals surface area contributed by atoms with Crippen molar-refractivity contribution in [2.45, 2.75) is 69.9 Å². The Balaban J connectivity index is 1.13. The van der Waals surface area contributed by atoms with Crippen LogP contribution in [0.25, 0.3) is 0 Å². The SMILES string of the molecule is C1=CCC([PH](CCCCCCCCCP(C2=CCCC=C2)c2ccccc2)(c2ccccc2)c2ccccc2)C=C1. The van der Waals surface area contributed by atoms with E-state index in [-0.39, 0.29) is 7.92 Å². The summed E-state index contributed by atoms with van der Waals surface area (Å²) in [6, 6.07) is 34.4. The third-order valence-electron chi connectivity index (χ3n) is 9.00. The van der Waals surface area contributed by atoms with Crippen molar-refractivity contribution in [1.29, 1.82) is 0 Å². The minimum atomic E-state index is -1.94. The van der Waals surface area contributed by atoms with E-state index in [2.05, 4.69) is 134 Å². The topological polar surface area (TPSA) is 0 Å². The molecule has 2 aliphatic carbocycles. The second-order valence-electron chi connectivity index (χ2n) is 11.7. The maximum absolute atomic E-state index is 2.52. The van der Waals surface area contributed by atoms with Crippen molar-refractivity contribution in [2.24, 2.45) is 0 Å². The summed E-state index contributed by atoms with van der Waals surface area (Å²) in [7, 11) is -2.14. The molecule has 41 heavy (non-hydrogen) atoms. The molecule has 0 saturated heterocycles. The summed E-state index contributed by atoms with van der Waals surface area (Å²) in [5, 5.41) is 6.36. The van der Waals surface area contributed by atoms with Crippen molar-refractivity contribution in [3.8, 4) is 0 Å². The van der Waals surface area contributed by atoms with Gasteiger partial charge in [-0.1, -0.05) is 24.3 Å². The van der Waals surface area contributed by atoms with Crippen LogP contribution >= 0.6 is 15.2 Å². The summed E-state index contributed by atoms with van der Waals surface area (Å²) < 4.78 is 0. The normalized spacial score (nSPS) is 17.8. The Morgan fingerprint density at radius 1 is 0.610 bits per heavy atom. The molecule has 0 aromatic heterocycles. The minimum absolute atomic E-state index is 0.200. The van der Waals surface area contributed by atoms with Crippen molar-refractivity contribution in [2.75, 3.05) is 12.3 Å². The van der Waals surface area contributed by atoms with Gasteiger partial charge in [0.05, 0.1) is 0 Å². The number of unbranched alkanes of at least 4 members (excludes halogenated alkanes) is 6. The van der Waals surface area contributed by atoms with E-state index in [0.29, 0.717) is 5.66 Å². The van der Waals surface area contributed by atoms with Gasteiger partial charge in [-0.25, -0.2) is 0 Å². The Bertz CT molecular complexity index is 1250. The van der Waals surface area contributed by atoms with Gasteiger partial charge >= 0.3 is 215 Å². The van der Waals surface area contributed by atoms with Gasteiger partial charge in [0.15, 0.2) is 0 Å². The summed E-state index contributed by atoms with van der Waals surface area (Å²) in [6.07, 6.45) is 32.5. The Kier molecular flexibility index (Phi) is 11.8. The molecule has 0 spiro atoms. The second kappa shape index (κ2) is 16.2. The van der Waals surface area contributed by atoms with Gasteiger partial charge in [-0.05, 0) is 12.8 Å². The maximum atomic E-state index is 2.52. The molecule has 0 heterocycles. The Morgan fingerprint density at radius 3 is 1.80 bits per heavy atom. The van der Waals surface area contributed by atoms with Crippen molar-refractivity contribution < 1.29 is 0 Å². The summed E-state index contributed by atoms with van der Waals surface area (Å²) in [4.78, 5) is 0. The third-order valence-corrected chi connectivity index (χ3v) is 17.2. The van der Waals surface area contributed by atoms with E-state index in [1.54, 1.807) is 21.2 Å². The Morgan fingerprint density at radius 2 is 1.22 bits per heavy atom. The molecule has 0 fully saturated rings. The van der Waals surface area contributed by atoms with E-state index < -0.39 is 7.26 Å². The van der Waals surface area contributed by atoms with Crippen LogP contribution in [0.2, 0.25) is 0 Å². The van der Waals surface area contributed by atoms with Gasteiger partial charge < -0.3 is 0 Å². The summed E-state index contributed by atoms with van der Waals surface area (Å²) in [5.41, 5.74) is 0.630. The first-order valence-electron chi connectivity index (χ1n) is 16.0. The van der Waals surface area contributed by atoms with Crippen LogP contribution in [0.3, 0.4) is 0 Å². The van der Waals surface area contributed by atoms with Gasteiger partial charge in [-0.3, -0.25) is 0 Å². The first kappa shape index (κ1) is 30.0. The molecule has 0 N–H and O–H groups in total. The van der Waals surface area contributed by atoms with Gasteiger partial charge in [0.1, 0.15) is 0 Å². The van der Waals surface area contributed by atoms with Crippen molar-refractivity contribution in [3.63, 3.8) is 0 Å². The molecule has 3 aromatic carbocycles. The van der Waals surface area contributed by atoms with E-state index in [0.717, 1.165) is 0 Å². The second-order valence-corrected chi connectivity index (χ2v) is 18.4. The van der Waals surface area contributed by atoms with Gasteiger partial charge in [-0.2, -0.15) is 0 Å². The zero-order valence-electron chi connectivity index (χ0n) is 24.7. The van der Waals surface area contributed by atoms with Crippen LogP contribution in [0, 0.1) is 0 Å². The van der Waals surface area contributed by atoms with E-state index in [1.807, 2.05) is 0 Å². The zero-order valence-corrected chi connectivity index (χ0v) is 26.6. The average Bonchev–Trinajstić information content (AvgIpc) is 3.06. The molecule has 2 aliphatic rings. The van der Waals surface area contributed by atoms with Crippen LogP contribution in [0.15, 0.2) is 139 Å². The molecule has 0 aliphatic heterocycles. The van der Waals surface area contributed by atoms with E-state index in [9.17, 15) is 0 Å². The van der Waals surface area contributed by atoms with Gasteiger partial charge in [0.25, 0.3) is 0 Å². The number of allylic oxidation sites excluding steroid dienone is 8. The number of benzene rings is 3. The summed E-state index contributed by atoms with van der Waals surface area (Å²) >= 11 is 0. The third kappa shape index (κ3) is 8.07. The summed E-state index contributed by atoms with van der Waals surface area (Å²) in [6.45, 7) is 0. The molecular formula is C39H48P2. The number of hydrogen-bond donors (Lipinski definition) is 0. The first-order chi connectivity index (χ1) is 20.4. The fraction of sp³-hybridized carbons (Fsp3) is 0.333. The van der Waals surface area contributed by atoms with Crippen molar-refractivity contribution in [1.82, 2.24) is 0 Å². The van der Waals surface area contributed by atoms with Gasteiger partial charge in [-0.15, -0.1) is 0 Å². The fourth-order valence-electron chi connectivity index (χ4n) is 6.86. The molecule has 0 amide bonds. The number of rotatable bonds is 15. The molecule has 0 nitrogen and oxygen atoms in total. The Hall–Kier alpha value is -2.52. The molecule has 2 atom stereocenters. The van der Waals surface area contributed by atoms with Crippen LogP contribution in [-0.4, -0.2) is 18.0 Å². The molecule has 0 bridgehead atoms. The zero-order chi connectivity index (χ0) is 28.0. The van der Waals surface area contributed by atoms with Gasteiger partial charge in [0.2, 0.25) is 0 Å². The monoisotopic (exact) mass is 578 g/mol. The van der Waals surface area contributed by atoms with Crippen LogP contribution in [0.1, 0.15) is 64.2 Å². The summed E-state index contributed by atoms with van der Waals surface area (Å²) in [5.74, 6) is 0. The Labute approximate surface area is 251 Å². The first-order valence-corrected chi connectivity index (χ1v) is 19.8. The average molecular weight is 579 g/mol.